The highest BCUT2D eigenvalue weighted by atomic mass is 32.0. The smallest absolute Gasteiger partial charge is 0.252 e. The van der Waals surface area contributed by atoms with Gasteiger partial charge in [0.05, 0.1) is 12.1 Å². The zero-order chi connectivity index (χ0) is 13.4. The van der Waals surface area contributed by atoms with E-state index in [4.69, 9.17) is 4.74 Å². The van der Waals surface area contributed by atoms with E-state index in [1.165, 1.54) is 0 Å². The third-order valence-corrected chi connectivity index (χ3v) is 4.74. The Morgan fingerprint density at radius 2 is 1.76 bits per heavy atom. The monoisotopic (exact) mass is 277 g/mol. The van der Waals surface area contributed by atoms with Gasteiger partial charge in [-0.1, -0.05) is 50.5 Å². The Morgan fingerprint density at radius 3 is 2.12 bits per heavy atom. The van der Waals surface area contributed by atoms with Crippen molar-refractivity contribution in [3.63, 3.8) is 0 Å². The number of amides is 1. The normalized spacial score (nSPS) is 28.2. The molecule has 0 aromatic carbocycles. The van der Waals surface area contributed by atoms with Gasteiger partial charge < -0.3 is 9.41 Å². The molecule has 1 amide bonds. The third kappa shape index (κ3) is 3.40. The molecule has 1 aliphatic rings. The average Bonchev–Trinajstić information content (AvgIpc) is 2.13. The molecule has 4 atom stereocenters. The minimum absolute atomic E-state index is 0.0254. The summed E-state index contributed by atoms with van der Waals surface area (Å²) in [5.41, 5.74) is 0.0683. The predicted octanol–water partition coefficient (Wildman–Crippen LogP) is 3.06. The minimum Gasteiger partial charge on any atom is -0.366 e. The Kier molecular flexibility index (Phi) is 4.62. The van der Waals surface area contributed by atoms with Gasteiger partial charge in [0.25, 0.3) is 5.91 Å². The highest BCUT2D eigenvalue weighted by Crippen LogP contribution is 2.44. The van der Waals surface area contributed by atoms with Crippen molar-refractivity contribution in [2.45, 2.75) is 53.7 Å². The Hall–Kier alpha value is 0.290. The van der Waals surface area contributed by atoms with Crippen LogP contribution in [0.3, 0.4) is 0 Å². The Morgan fingerprint density at radius 1 is 1.24 bits per heavy atom. The van der Waals surface area contributed by atoms with Crippen LogP contribution in [-0.4, -0.2) is 29.3 Å². The van der Waals surface area contributed by atoms with E-state index >= 15 is 0 Å². The molecule has 100 valence electrons. The van der Waals surface area contributed by atoms with Gasteiger partial charge in [-0.15, -0.1) is 0 Å². The van der Waals surface area contributed by atoms with Crippen LogP contribution in [0.25, 0.3) is 0 Å². The van der Waals surface area contributed by atoms with Crippen molar-refractivity contribution in [2.75, 3.05) is 6.61 Å². The summed E-state index contributed by atoms with van der Waals surface area (Å²) in [5.74, 6) is 0.110. The lowest BCUT2D eigenvalue weighted by Crippen LogP contribution is -2.59. The third-order valence-electron chi connectivity index (χ3n) is 3.10. The van der Waals surface area contributed by atoms with Gasteiger partial charge in [0.2, 0.25) is 0 Å². The Bertz CT molecular complexity index is 294. The first-order valence-corrected chi connectivity index (χ1v) is 8.74. The summed E-state index contributed by atoms with van der Waals surface area (Å²) in [6.45, 7) is 13.3. The summed E-state index contributed by atoms with van der Waals surface area (Å²) in [6, 6.07) is 0.139. The molecule has 17 heavy (non-hydrogen) atoms. The highest BCUT2D eigenvalue weighted by molar-refractivity contribution is 8.01. The number of rotatable bonds is 1. The molecule has 1 rings (SSSR count). The first-order valence-electron chi connectivity index (χ1n) is 5.99. The van der Waals surface area contributed by atoms with Crippen molar-refractivity contribution in [3.8, 4) is 0 Å². The summed E-state index contributed by atoms with van der Waals surface area (Å²) in [5, 5.41) is 0. The van der Waals surface area contributed by atoms with Gasteiger partial charge in [-0.3, -0.25) is 4.79 Å². The summed E-state index contributed by atoms with van der Waals surface area (Å²) >= 11 is 0. The SMILES string of the molecule is CC(C)(C)C1OCC(=O)N(PP)C1C(C)(C)C. The molecule has 1 saturated heterocycles. The fourth-order valence-corrected chi connectivity index (χ4v) is 4.14. The molecule has 0 bridgehead atoms. The van der Waals surface area contributed by atoms with E-state index in [9.17, 15) is 4.79 Å². The van der Waals surface area contributed by atoms with Gasteiger partial charge in [0.1, 0.15) is 6.61 Å². The van der Waals surface area contributed by atoms with E-state index in [0.717, 1.165) is 0 Å². The van der Waals surface area contributed by atoms with Crippen molar-refractivity contribution in [3.05, 3.63) is 0 Å². The van der Waals surface area contributed by atoms with Crippen LogP contribution in [0.4, 0.5) is 0 Å². The second-order valence-electron chi connectivity index (χ2n) is 6.80. The minimum atomic E-state index is 0.0254. The molecule has 1 aliphatic heterocycles. The van der Waals surface area contributed by atoms with Crippen LogP contribution in [0.15, 0.2) is 0 Å². The molecule has 0 N–H and O–H groups in total. The van der Waals surface area contributed by atoms with Crippen molar-refractivity contribution in [1.82, 2.24) is 4.67 Å². The predicted molar refractivity (Wildman–Crippen MR) is 77.3 cm³/mol. The number of carbonyl (C=O) groups excluding carboxylic acids is 1. The fourth-order valence-electron chi connectivity index (χ4n) is 2.33. The largest absolute Gasteiger partial charge is 0.366 e. The van der Waals surface area contributed by atoms with Crippen molar-refractivity contribution in [1.29, 1.82) is 0 Å². The van der Waals surface area contributed by atoms with Gasteiger partial charge in [-0.25, -0.2) is 0 Å². The maximum absolute atomic E-state index is 11.9. The number of hydrogen-bond donors (Lipinski definition) is 0. The lowest BCUT2D eigenvalue weighted by Gasteiger charge is -2.51. The lowest BCUT2D eigenvalue weighted by atomic mass is 9.73. The first-order chi connectivity index (χ1) is 7.59. The molecule has 0 aliphatic carbocycles. The molecule has 5 heteroatoms. The van der Waals surface area contributed by atoms with E-state index in [0.29, 0.717) is 8.42 Å². The summed E-state index contributed by atoms with van der Waals surface area (Å²) in [6.07, 6.45) is 0.0910. The van der Waals surface area contributed by atoms with Gasteiger partial charge in [-0.05, 0) is 19.3 Å². The van der Waals surface area contributed by atoms with Crippen LogP contribution >= 0.6 is 17.3 Å². The molecule has 0 aromatic rings. The Labute approximate surface area is 109 Å². The van der Waals surface area contributed by atoms with Gasteiger partial charge in [0, 0.05) is 0 Å². The number of ether oxygens (including phenoxy) is 1. The maximum atomic E-state index is 11.9. The Balaban J connectivity index is 3.11. The fraction of sp³-hybridized carbons (Fsp3) is 0.917. The zero-order valence-corrected chi connectivity index (χ0v) is 13.9. The lowest BCUT2D eigenvalue weighted by molar-refractivity contribution is -0.164. The number of nitrogens with zero attached hydrogens (tertiary/aromatic N) is 1. The van der Waals surface area contributed by atoms with Crippen LogP contribution in [0, 0.1) is 10.8 Å². The average molecular weight is 277 g/mol. The second kappa shape index (κ2) is 5.11. The highest BCUT2D eigenvalue weighted by Gasteiger charge is 2.47. The molecule has 0 aromatic heterocycles. The van der Waals surface area contributed by atoms with Crippen LogP contribution in [0.1, 0.15) is 41.5 Å². The zero-order valence-electron chi connectivity index (χ0n) is 11.7. The second-order valence-corrected chi connectivity index (χ2v) is 8.32. The first kappa shape index (κ1) is 15.3. The molecule has 4 unspecified atom stereocenters. The van der Waals surface area contributed by atoms with Gasteiger partial charge in [-0.2, -0.15) is 0 Å². The van der Waals surface area contributed by atoms with E-state index in [2.05, 4.69) is 50.5 Å². The van der Waals surface area contributed by atoms with E-state index in [-0.39, 0.29) is 35.5 Å². The van der Waals surface area contributed by atoms with Crippen LogP contribution in [0.2, 0.25) is 0 Å². The number of morpholine rings is 1. The molecule has 0 saturated carbocycles. The number of carbonyl (C=O) groups is 1. The summed E-state index contributed by atoms with van der Waals surface area (Å²) < 4.78 is 7.81. The number of hydrogen-bond acceptors (Lipinski definition) is 2. The standard InChI is InChI=1S/C12H25NO2P2/c1-11(2,3)9-10(12(4,5)6)15-7-8(14)13(9)17-16/h9-10,17H,7,16H2,1-6H3. The maximum Gasteiger partial charge on any atom is 0.252 e. The molecule has 0 spiro atoms. The van der Waals surface area contributed by atoms with Crippen molar-refractivity contribution >= 4 is 23.3 Å². The quantitative estimate of drug-likeness (QED) is 0.689. The summed E-state index contributed by atoms with van der Waals surface area (Å²) in [7, 11) is 3.11. The summed E-state index contributed by atoms with van der Waals surface area (Å²) in [4.78, 5) is 11.9. The van der Waals surface area contributed by atoms with Gasteiger partial charge >= 0.3 is 0 Å². The topological polar surface area (TPSA) is 29.5 Å². The van der Waals surface area contributed by atoms with Crippen molar-refractivity contribution in [2.24, 2.45) is 10.8 Å². The molecule has 1 heterocycles. The molecular formula is C12H25NO2P2. The van der Waals surface area contributed by atoms with E-state index < -0.39 is 0 Å². The molecule has 1 fully saturated rings. The van der Waals surface area contributed by atoms with E-state index in [1.54, 1.807) is 0 Å². The van der Waals surface area contributed by atoms with Crippen LogP contribution in [0.5, 0.6) is 0 Å². The molecule has 3 nitrogen and oxygen atoms in total. The van der Waals surface area contributed by atoms with Crippen LogP contribution in [-0.2, 0) is 9.53 Å². The van der Waals surface area contributed by atoms with E-state index in [1.807, 2.05) is 4.67 Å². The van der Waals surface area contributed by atoms with Crippen molar-refractivity contribution < 1.29 is 9.53 Å². The molecule has 0 radical (unpaired) electrons. The molecular weight excluding hydrogens is 252 g/mol. The van der Waals surface area contributed by atoms with Crippen LogP contribution < -0.4 is 0 Å². The van der Waals surface area contributed by atoms with Gasteiger partial charge in [0.15, 0.2) is 0 Å².